The van der Waals surface area contributed by atoms with Gasteiger partial charge in [-0.3, -0.25) is 4.79 Å². The molecule has 0 aliphatic heterocycles. The lowest BCUT2D eigenvalue weighted by molar-refractivity contribution is -0.139. The SMILES string of the molecule is COCCC(NC(=O)c1cnc2ncnn2c1C)C(=O)O. The van der Waals surface area contributed by atoms with Gasteiger partial charge in [0.2, 0.25) is 0 Å². The third kappa shape index (κ3) is 3.14. The van der Waals surface area contributed by atoms with Crippen LogP contribution in [0.4, 0.5) is 0 Å². The molecule has 0 aliphatic carbocycles. The molecule has 1 atom stereocenters. The van der Waals surface area contributed by atoms with Gasteiger partial charge in [0.05, 0.1) is 11.3 Å². The number of aryl methyl sites for hydroxylation is 1. The van der Waals surface area contributed by atoms with E-state index in [1.165, 1.54) is 24.1 Å². The Labute approximate surface area is 120 Å². The Balaban J connectivity index is 2.20. The second kappa shape index (κ2) is 6.27. The molecule has 0 saturated heterocycles. The minimum absolute atomic E-state index is 0.176. The van der Waals surface area contributed by atoms with E-state index >= 15 is 0 Å². The van der Waals surface area contributed by atoms with Gasteiger partial charge in [0, 0.05) is 26.3 Å². The molecule has 1 unspecified atom stereocenters. The number of aromatic nitrogens is 4. The van der Waals surface area contributed by atoms with E-state index in [2.05, 4.69) is 20.4 Å². The molecule has 2 heterocycles. The van der Waals surface area contributed by atoms with Crippen LogP contribution in [0.25, 0.3) is 5.78 Å². The van der Waals surface area contributed by atoms with Crippen molar-refractivity contribution < 1.29 is 19.4 Å². The number of amides is 1. The molecule has 1 amide bonds. The van der Waals surface area contributed by atoms with E-state index in [0.29, 0.717) is 11.5 Å². The van der Waals surface area contributed by atoms with Crippen LogP contribution in [0, 0.1) is 6.92 Å². The van der Waals surface area contributed by atoms with Crippen LogP contribution in [0.1, 0.15) is 22.5 Å². The molecule has 9 nitrogen and oxygen atoms in total. The Kier molecular flexibility index (Phi) is 4.43. The zero-order valence-electron chi connectivity index (χ0n) is 11.6. The van der Waals surface area contributed by atoms with Gasteiger partial charge < -0.3 is 15.2 Å². The predicted octanol–water partition coefficient (Wildman–Crippen LogP) is -0.348. The summed E-state index contributed by atoms with van der Waals surface area (Å²) in [5.41, 5.74) is 0.780. The van der Waals surface area contributed by atoms with Crippen molar-refractivity contribution in [2.75, 3.05) is 13.7 Å². The van der Waals surface area contributed by atoms with Crippen LogP contribution in [0.2, 0.25) is 0 Å². The fraction of sp³-hybridized carbons (Fsp3) is 0.417. The molecule has 2 aromatic heterocycles. The first-order valence-corrected chi connectivity index (χ1v) is 6.22. The summed E-state index contributed by atoms with van der Waals surface area (Å²) in [4.78, 5) is 31.2. The van der Waals surface area contributed by atoms with Crippen molar-refractivity contribution in [1.82, 2.24) is 24.9 Å². The number of fused-ring (bicyclic) bond motifs is 1. The number of carbonyl (C=O) groups is 2. The second-order valence-electron chi connectivity index (χ2n) is 4.37. The molecule has 0 bridgehead atoms. The van der Waals surface area contributed by atoms with Gasteiger partial charge in [-0.15, -0.1) is 0 Å². The van der Waals surface area contributed by atoms with E-state index in [0.717, 1.165) is 0 Å². The van der Waals surface area contributed by atoms with Crippen molar-refractivity contribution in [3.63, 3.8) is 0 Å². The molecule has 21 heavy (non-hydrogen) atoms. The number of nitrogens with zero attached hydrogens (tertiary/aromatic N) is 4. The van der Waals surface area contributed by atoms with Crippen molar-refractivity contribution in [1.29, 1.82) is 0 Å². The zero-order chi connectivity index (χ0) is 15.4. The maximum Gasteiger partial charge on any atom is 0.326 e. The predicted molar refractivity (Wildman–Crippen MR) is 70.9 cm³/mol. The molecule has 2 aromatic rings. The highest BCUT2D eigenvalue weighted by molar-refractivity contribution is 5.97. The number of carbonyl (C=O) groups excluding carboxylic acids is 1. The summed E-state index contributed by atoms with van der Waals surface area (Å²) < 4.78 is 6.25. The van der Waals surface area contributed by atoms with Crippen molar-refractivity contribution in [3.05, 3.63) is 23.8 Å². The van der Waals surface area contributed by atoms with Crippen LogP contribution in [0.3, 0.4) is 0 Å². The Hall–Kier alpha value is -2.55. The number of hydrogen-bond donors (Lipinski definition) is 2. The van der Waals surface area contributed by atoms with Crippen molar-refractivity contribution in [3.8, 4) is 0 Å². The summed E-state index contributed by atoms with van der Waals surface area (Å²) >= 11 is 0. The molecular weight excluding hydrogens is 278 g/mol. The number of carboxylic acid groups (broad SMARTS) is 1. The van der Waals surface area contributed by atoms with E-state index in [4.69, 9.17) is 9.84 Å². The van der Waals surface area contributed by atoms with Crippen LogP contribution in [0.5, 0.6) is 0 Å². The average Bonchev–Trinajstić information content (AvgIpc) is 2.92. The molecule has 0 fully saturated rings. The zero-order valence-corrected chi connectivity index (χ0v) is 11.6. The number of carboxylic acids is 1. The molecule has 0 radical (unpaired) electrons. The molecule has 112 valence electrons. The van der Waals surface area contributed by atoms with Crippen LogP contribution in [-0.2, 0) is 9.53 Å². The summed E-state index contributed by atoms with van der Waals surface area (Å²) in [6.07, 6.45) is 2.86. The number of methoxy groups -OCH3 is 1. The number of nitrogens with one attached hydrogen (secondary N) is 1. The number of rotatable bonds is 6. The lowest BCUT2D eigenvalue weighted by Crippen LogP contribution is -2.41. The standard InChI is InChI=1S/C12H15N5O4/c1-7-8(5-13-12-14-6-15-17(7)12)10(18)16-9(11(19)20)3-4-21-2/h5-6,9H,3-4H2,1-2H3,(H,16,18)(H,19,20). The van der Waals surface area contributed by atoms with Crippen LogP contribution >= 0.6 is 0 Å². The molecule has 2 N–H and O–H groups in total. The van der Waals surface area contributed by atoms with Gasteiger partial charge in [-0.1, -0.05) is 0 Å². The van der Waals surface area contributed by atoms with Gasteiger partial charge >= 0.3 is 5.97 Å². The van der Waals surface area contributed by atoms with Crippen molar-refractivity contribution in [2.45, 2.75) is 19.4 Å². The first-order chi connectivity index (χ1) is 10.0. The van der Waals surface area contributed by atoms with E-state index in [9.17, 15) is 9.59 Å². The van der Waals surface area contributed by atoms with Gasteiger partial charge in [0.25, 0.3) is 11.7 Å². The minimum atomic E-state index is -1.12. The Bertz CT molecular complexity index is 669. The van der Waals surface area contributed by atoms with E-state index in [-0.39, 0.29) is 18.6 Å². The number of hydrogen-bond acceptors (Lipinski definition) is 6. The fourth-order valence-electron chi connectivity index (χ4n) is 1.84. The summed E-state index contributed by atoms with van der Waals surface area (Å²) in [6.45, 7) is 1.92. The second-order valence-corrected chi connectivity index (χ2v) is 4.37. The maximum atomic E-state index is 12.2. The smallest absolute Gasteiger partial charge is 0.326 e. The third-order valence-corrected chi connectivity index (χ3v) is 3.01. The summed E-state index contributed by atoms with van der Waals surface area (Å²) in [5, 5.41) is 15.5. The lowest BCUT2D eigenvalue weighted by atomic mass is 10.1. The molecule has 0 aromatic carbocycles. The first kappa shape index (κ1) is 14.9. The fourth-order valence-corrected chi connectivity index (χ4v) is 1.84. The minimum Gasteiger partial charge on any atom is -0.480 e. The van der Waals surface area contributed by atoms with E-state index in [1.807, 2.05) is 0 Å². The summed E-state index contributed by atoms with van der Waals surface area (Å²) in [7, 11) is 1.47. The van der Waals surface area contributed by atoms with E-state index < -0.39 is 17.9 Å². The monoisotopic (exact) mass is 293 g/mol. The highest BCUT2D eigenvalue weighted by Crippen LogP contribution is 2.08. The molecule has 0 aliphatic rings. The van der Waals surface area contributed by atoms with Gasteiger partial charge in [-0.2, -0.15) is 10.1 Å². The van der Waals surface area contributed by atoms with Crippen LogP contribution in [0.15, 0.2) is 12.5 Å². The van der Waals surface area contributed by atoms with E-state index in [1.54, 1.807) is 6.92 Å². The highest BCUT2D eigenvalue weighted by Gasteiger charge is 2.22. The summed E-state index contributed by atoms with van der Waals surface area (Å²) in [6, 6.07) is -1.02. The Morgan fingerprint density at radius 2 is 2.24 bits per heavy atom. The molecular formula is C12H15N5O4. The quantitative estimate of drug-likeness (QED) is 0.747. The molecule has 9 heteroatoms. The Morgan fingerprint density at radius 3 is 2.90 bits per heavy atom. The van der Waals surface area contributed by atoms with Crippen molar-refractivity contribution in [2.24, 2.45) is 0 Å². The normalized spacial score (nSPS) is 12.3. The van der Waals surface area contributed by atoms with Gasteiger partial charge in [-0.05, 0) is 6.92 Å². The average molecular weight is 293 g/mol. The largest absolute Gasteiger partial charge is 0.480 e. The van der Waals surface area contributed by atoms with Crippen LogP contribution < -0.4 is 5.32 Å². The van der Waals surface area contributed by atoms with Crippen LogP contribution in [-0.4, -0.2) is 56.3 Å². The van der Waals surface area contributed by atoms with Gasteiger partial charge in [0.15, 0.2) is 0 Å². The van der Waals surface area contributed by atoms with Gasteiger partial charge in [0.1, 0.15) is 12.4 Å². The maximum absolute atomic E-state index is 12.2. The topological polar surface area (TPSA) is 119 Å². The lowest BCUT2D eigenvalue weighted by Gasteiger charge is -2.14. The highest BCUT2D eigenvalue weighted by atomic mass is 16.5. The van der Waals surface area contributed by atoms with Gasteiger partial charge in [-0.25, -0.2) is 14.3 Å². The number of ether oxygens (including phenoxy) is 1. The number of aliphatic carboxylic acids is 1. The summed E-state index contributed by atoms with van der Waals surface area (Å²) in [5.74, 6) is -1.27. The molecule has 2 rings (SSSR count). The first-order valence-electron chi connectivity index (χ1n) is 6.22. The molecule has 0 saturated carbocycles. The third-order valence-electron chi connectivity index (χ3n) is 3.01. The van der Waals surface area contributed by atoms with Crippen molar-refractivity contribution >= 4 is 17.7 Å². The molecule has 0 spiro atoms. The Morgan fingerprint density at radius 1 is 1.48 bits per heavy atom.